The largest absolute Gasteiger partial charge is 0.326 e. The first-order chi connectivity index (χ1) is 5.33. The van der Waals surface area contributed by atoms with Crippen molar-refractivity contribution in [1.29, 1.82) is 0 Å². The maximum atomic E-state index is 5.88. The van der Waals surface area contributed by atoms with Gasteiger partial charge in [-0.1, -0.05) is 34.6 Å². The third-order valence-electron chi connectivity index (χ3n) is 1.89. The Kier molecular flexibility index (Phi) is 4.80. The highest BCUT2D eigenvalue weighted by Crippen LogP contribution is 2.10. The Morgan fingerprint density at radius 3 is 2.08 bits per heavy atom. The second kappa shape index (κ2) is 4.83. The van der Waals surface area contributed by atoms with Crippen LogP contribution in [0.2, 0.25) is 0 Å². The number of rotatable bonds is 4. The summed E-state index contributed by atoms with van der Waals surface area (Å²) in [5.41, 5.74) is 6.24. The number of nitrogens with one attached hydrogen (secondary N) is 1. The third kappa shape index (κ3) is 6.62. The van der Waals surface area contributed by atoms with Crippen molar-refractivity contribution >= 4 is 0 Å². The molecule has 0 heterocycles. The van der Waals surface area contributed by atoms with Crippen molar-refractivity contribution in [2.24, 2.45) is 17.1 Å². The van der Waals surface area contributed by atoms with Gasteiger partial charge in [-0.3, -0.25) is 0 Å². The van der Waals surface area contributed by atoms with Crippen molar-refractivity contribution in [3.63, 3.8) is 0 Å². The quantitative estimate of drug-likeness (QED) is 0.676. The molecule has 0 radical (unpaired) electrons. The molecule has 0 aromatic heterocycles. The van der Waals surface area contributed by atoms with E-state index in [2.05, 4.69) is 39.9 Å². The first-order valence-corrected chi connectivity index (χ1v) is 4.79. The first-order valence-electron chi connectivity index (χ1n) is 4.79. The molecule has 2 nitrogen and oxygen atoms in total. The lowest BCUT2D eigenvalue weighted by atomic mass is 9.96. The average Bonchev–Trinajstić information content (AvgIpc) is 1.84. The molecular weight excluding hydrogens is 148 g/mol. The molecule has 2 heteroatoms. The molecule has 3 N–H and O–H groups in total. The van der Waals surface area contributed by atoms with E-state index in [4.69, 9.17) is 5.73 Å². The molecule has 0 aromatic carbocycles. The monoisotopic (exact) mass is 172 g/mol. The van der Waals surface area contributed by atoms with Crippen LogP contribution in [0, 0.1) is 11.3 Å². The van der Waals surface area contributed by atoms with Crippen molar-refractivity contribution in [2.75, 3.05) is 13.1 Å². The van der Waals surface area contributed by atoms with Gasteiger partial charge in [-0.2, -0.15) is 0 Å². The fraction of sp³-hybridized carbons (Fsp3) is 1.00. The maximum Gasteiger partial charge on any atom is 0.0188 e. The van der Waals surface area contributed by atoms with Gasteiger partial charge in [-0.05, 0) is 11.3 Å². The fourth-order valence-corrected chi connectivity index (χ4v) is 0.850. The number of hydrogen-bond acceptors (Lipinski definition) is 2. The fourth-order valence-electron chi connectivity index (χ4n) is 0.850. The van der Waals surface area contributed by atoms with Crippen LogP contribution in [0.1, 0.15) is 34.6 Å². The van der Waals surface area contributed by atoms with Crippen molar-refractivity contribution in [1.82, 2.24) is 5.32 Å². The maximum absolute atomic E-state index is 5.88. The van der Waals surface area contributed by atoms with E-state index >= 15 is 0 Å². The summed E-state index contributed by atoms with van der Waals surface area (Å²) in [6.45, 7) is 12.9. The van der Waals surface area contributed by atoms with Crippen molar-refractivity contribution in [3.8, 4) is 0 Å². The van der Waals surface area contributed by atoms with Crippen molar-refractivity contribution in [3.05, 3.63) is 0 Å². The van der Waals surface area contributed by atoms with E-state index in [1.165, 1.54) is 0 Å². The standard InChI is InChI=1S/C10H24N2/c1-8(2)9(11)6-12-7-10(3,4)5/h8-9,12H,6-7,11H2,1-5H3. The van der Waals surface area contributed by atoms with Crippen LogP contribution in [0.4, 0.5) is 0 Å². The predicted octanol–water partition coefficient (Wildman–Crippen LogP) is 1.61. The molecule has 0 rings (SSSR count). The summed E-state index contributed by atoms with van der Waals surface area (Å²) in [6, 6.07) is 0.285. The summed E-state index contributed by atoms with van der Waals surface area (Å²) >= 11 is 0. The molecule has 12 heavy (non-hydrogen) atoms. The summed E-state index contributed by atoms with van der Waals surface area (Å²) in [7, 11) is 0. The SMILES string of the molecule is CC(C)C(N)CNCC(C)(C)C. The summed E-state index contributed by atoms with van der Waals surface area (Å²) in [4.78, 5) is 0. The Balaban J connectivity index is 3.44. The van der Waals surface area contributed by atoms with E-state index in [-0.39, 0.29) is 6.04 Å². The van der Waals surface area contributed by atoms with Crippen LogP contribution in [-0.4, -0.2) is 19.1 Å². The van der Waals surface area contributed by atoms with Crippen LogP contribution >= 0.6 is 0 Å². The molecule has 74 valence electrons. The Bertz CT molecular complexity index is 113. The van der Waals surface area contributed by atoms with Gasteiger partial charge in [0, 0.05) is 19.1 Å². The van der Waals surface area contributed by atoms with Gasteiger partial charge in [0.15, 0.2) is 0 Å². The molecule has 0 aliphatic heterocycles. The van der Waals surface area contributed by atoms with Crippen LogP contribution < -0.4 is 11.1 Å². The highest BCUT2D eigenvalue weighted by atomic mass is 14.9. The molecule has 0 spiro atoms. The Labute approximate surface area is 76.9 Å². The Hall–Kier alpha value is -0.0800. The Morgan fingerprint density at radius 2 is 1.75 bits per heavy atom. The summed E-state index contributed by atoms with van der Waals surface area (Å²) in [5, 5.41) is 3.38. The lowest BCUT2D eigenvalue weighted by Gasteiger charge is -2.22. The minimum Gasteiger partial charge on any atom is -0.326 e. The molecule has 0 aliphatic rings. The van der Waals surface area contributed by atoms with Crippen LogP contribution in [0.15, 0.2) is 0 Å². The second-order valence-electron chi connectivity index (χ2n) is 5.10. The molecule has 0 aliphatic carbocycles. The van der Waals surface area contributed by atoms with Gasteiger partial charge < -0.3 is 11.1 Å². The number of hydrogen-bond donors (Lipinski definition) is 2. The predicted molar refractivity (Wildman–Crippen MR) is 55.1 cm³/mol. The van der Waals surface area contributed by atoms with E-state index in [0.717, 1.165) is 13.1 Å². The van der Waals surface area contributed by atoms with E-state index in [9.17, 15) is 0 Å². The van der Waals surface area contributed by atoms with Gasteiger partial charge in [0.1, 0.15) is 0 Å². The summed E-state index contributed by atoms with van der Waals surface area (Å²) < 4.78 is 0. The van der Waals surface area contributed by atoms with E-state index in [1.807, 2.05) is 0 Å². The molecule has 0 aromatic rings. The molecule has 0 amide bonds. The molecule has 0 saturated carbocycles. The lowest BCUT2D eigenvalue weighted by Crippen LogP contribution is -2.40. The van der Waals surface area contributed by atoms with Gasteiger partial charge in [0.2, 0.25) is 0 Å². The molecule has 0 saturated heterocycles. The third-order valence-corrected chi connectivity index (χ3v) is 1.89. The topological polar surface area (TPSA) is 38.0 Å². The first kappa shape index (κ1) is 11.9. The molecule has 1 atom stereocenters. The number of nitrogens with two attached hydrogens (primary N) is 1. The minimum absolute atomic E-state index is 0.285. The molecule has 0 fully saturated rings. The minimum atomic E-state index is 0.285. The van der Waals surface area contributed by atoms with Crippen molar-refractivity contribution in [2.45, 2.75) is 40.7 Å². The normalized spacial score (nSPS) is 15.2. The van der Waals surface area contributed by atoms with Gasteiger partial charge in [-0.25, -0.2) is 0 Å². The second-order valence-corrected chi connectivity index (χ2v) is 5.10. The van der Waals surface area contributed by atoms with Gasteiger partial charge >= 0.3 is 0 Å². The van der Waals surface area contributed by atoms with Gasteiger partial charge in [0.05, 0.1) is 0 Å². The van der Waals surface area contributed by atoms with Crippen LogP contribution in [0.5, 0.6) is 0 Å². The summed E-state index contributed by atoms with van der Waals surface area (Å²) in [6.07, 6.45) is 0. The van der Waals surface area contributed by atoms with Crippen molar-refractivity contribution < 1.29 is 0 Å². The summed E-state index contributed by atoms with van der Waals surface area (Å²) in [5.74, 6) is 0.567. The molecule has 0 bridgehead atoms. The van der Waals surface area contributed by atoms with E-state index < -0.39 is 0 Å². The highest BCUT2D eigenvalue weighted by molar-refractivity contribution is 4.71. The van der Waals surface area contributed by atoms with E-state index in [1.54, 1.807) is 0 Å². The van der Waals surface area contributed by atoms with Gasteiger partial charge in [0.25, 0.3) is 0 Å². The average molecular weight is 172 g/mol. The van der Waals surface area contributed by atoms with Crippen LogP contribution in [-0.2, 0) is 0 Å². The highest BCUT2D eigenvalue weighted by Gasteiger charge is 2.11. The van der Waals surface area contributed by atoms with Crippen LogP contribution in [0.3, 0.4) is 0 Å². The Morgan fingerprint density at radius 1 is 1.25 bits per heavy atom. The molecule has 1 unspecified atom stereocenters. The molecular formula is C10H24N2. The van der Waals surface area contributed by atoms with Crippen LogP contribution in [0.25, 0.3) is 0 Å². The smallest absolute Gasteiger partial charge is 0.0188 e. The zero-order valence-electron chi connectivity index (χ0n) is 9.15. The zero-order chi connectivity index (χ0) is 9.78. The van der Waals surface area contributed by atoms with E-state index in [0.29, 0.717) is 11.3 Å². The lowest BCUT2D eigenvalue weighted by molar-refractivity contribution is 0.358. The van der Waals surface area contributed by atoms with Gasteiger partial charge in [-0.15, -0.1) is 0 Å². The zero-order valence-corrected chi connectivity index (χ0v) is 9.15.